The van der Waals surface area contributed by atoms with Crippen LogP contribution in [0, 0.1) is 5.92 Å². The van der Waals surface area contributed by atoms with Crippen LogP contribution in [0.1, 0.15) is 42.5 Å². The summed E-state index contributed by atoms with van der Waals surface area (Å²) in [5.74, 6) is 0.326. The van der Waals surface area contributed by atoms with Crippen LogP contribution in [-0.2, 0) is 14.8 Å². The zero-order valence-electron chi connectivity index (χ0n) is 15.6. The number of sulfonamides is 1. The number of benzene rings is 1. The molecule has 1 aromatic rings. The first-order valence-corrected chi connectivity index (χ1v) is 11.2. The van der Waals surface area contributed by atoms with E-state index in [4.69, 9.17) is 10.5 Å². The number of likely N-dealkylation sites (tertiary alicyclic amines) is 1. The van der Waals surface area contributed by atoms with E-state index in [1.54, 1.807) is 17.0 Å². The average Bonchev–Trinajstić information content (AvgIpc) is 3.51. The Morgan fingerprint density at radius 2 is 1.96 bits per heavy atom. The number of amides is 1. The molecule has 0 spiro atoms. The molecule has 1 saturated carbocycles. The van der Waals surface area contributed by atoms with Crippen molar-refractivity contribution in [3.8, 4) is 0 Å². The van der Waals surface area contributed by atoms with Crippen LogP contribution in [0.5, 0.6) is 0 Å². The van der Waals surface area contributed by atoms with E-state index in [1.807, 2.05) is 0 Å². The van der Waals surface area contributed by atoms with E-state index in [2.05, 4.69) is 4.72 Å². The van der Waals surface area contributed by atoms with Crippen LogP contribution in [-0.4, -0.2) is 58.1 Å². The van der Waals surface area contributed by atoms with E-state index < -0.39 is 10.0 Å². The first-order valence-electron chi connectivity index (χ1n) is 9.70. The highest BCUT2D eigenvalue weighted by Gasteiger charge is 2.26. The molecular weight excluding hydrogens is 366 g/mol. The van der Waals surface area contributed by atoms with Gasteiger partial charge in [-0.15, -0.1) is 0 Å². The van der Waals surface area contributed by atoms with Crippen molar-refractivity contribution in [2.45, 2.75) is 43.1 Å². The Morgan fingerprint density at radius 3 is 2.63 bits per heavy atom. The highest BCUT2D eigenvalue weighted by Crippen LogP contribution is 2.28. The number of hydrogen-bond donors (Lipinski definition) is 2. The number of piperidine rings is 1. The maximum Gasteiger partial charge on any atom is 0.253 e. The zero-order valence-corrected chi connectivity index (χ0v) is 16.4. The van der Waals surface area contributed by atoms with E-state index in [1.165, 1.54) is 12.1 Å². The molecule has 150 valence electrons. The summed E-state index contributed by atoms with van der Waals surface area (Å²) in [6.45, 7) is 2.97. The van der Waals surface area contributed by atoms with Gasteiger partial charge in [-0.3, -0.25) is 4.79 Å². The molecule has 3 rings (SSSR count). The number of hydrogen-bond acceptors (Lipinski definition) is 5. The fourth-order valence-electron chi connectivity index (χ4n) is 3.17. The molecule has 0 bridgehead atoms. The molecule has 27 heavy (non-hydrogen) atoms. The van der Waals surface area contributed by atoms with Crippen LogP contribution in [0.2, 0.25) is 0 Å². The van der Waals surface area contributed by atoms with Crippen molar-refractivity contribution in [1.82, 2.24) is 9.62 Å². The van der Waals surface area contributed by atoms with Crippen molar-refractivity contribution in [2.24, 2.45) is 11.7 Å². The largest absolute Gasteiger partial charge is 0.378 e. The number of carbonyl (C=O) groups is 1. The second kappa shape index (κ2) is 9.14. The summed E-state index contributed by atoms with van der Waals surface area (Å²) in [7, 11) is -3.57. The molecule has 3 N–H and O–H groups in total. The van der Waals surface area contributed by atoms with Gasteiger partial charge in [0, 0.05) is 31.8 Å². The molecule has 1 aliphatic heterocycles. The van der Waals surface area contributed by atoms with Gasteiger partial charge in [0.25, 0.3) is 5.91 Å². The summed E-state index contributed by atoms with van der Waals surface area (Å²) in [6.07, 6.45) is 4.74. The second-order valence-electron chi connectivity index (χ2n) is 7.33. The highest BCUT2D eigenvalue weighted by atomic mass is 32.2. The Morgan fingerprint density at radius 1 is 1.22 bits per heavy atom. The third kappa shape index (κ3) is 5.75. The molecule has 0 radical (unpaired) electrons. The number of nitrogens with two attached hydrogens (primary N) is 1. The molecule has 0 unspecified atom stereocenters. The summed E-state index contributed by atoms with van der Waals surface area (Å²) in [5.41, 5.74) is 5.88. The predicted octanol–water partition coefficient (Wildman–Crippen LogP) is 1.34. The summed E-state index contributed by atoms with van der Waals surface area (Å²) in [4.78, 5) is 14.7. The minimum atomic E-state index is -3.57. The van der Waals surface area contributed by atoms with Crippen molar-refractivity contribution in [3.63, 3.8) is 0 Å². The molecule has 1 aliphatic carbocycles. The van der Waals surface area contributed by atoms with Gasteiger partial charge in [-0.2, -0.15) is 0 Å². The van der Waals surface area contributed by atoms with E-state index in [0.717, 1.165) is 32.1 Å². The molecule has 2 aliphatic rings. The Bertz CT molecular complexity index is 741. The van der Waals surface area contributed by atoms with Crippen molar-refractivity contribution in [3.05, 3.63) is 29.8 Å². The molecule has 7 nitrogen and oxygen atoms in total. The standard InChI is InChI=1S/C19H29N3O4S/c20-9-2-12-26-17-7-10-22(11-8-17)19(23)16-3-1-4-18(13-16)27(24,25)21-14-15-5-6-15/h1,3-4,13,15,17,21H,2,5-12,14,20H2. The lowest BCUT2D eigenvalue weighted by Crippen LogP contribution is -2.41. The maximum absolute atomic E-state index is 12.8. The SMILES string of the molecule is NCCCOC1CCN(C(=O)c2cccc(S(=O)(=O)NCC3CC3)c2)CC1. The van der Waals surface area contributed by atoms with Gasteiger partial charge in [0.2, 0.25) is 10.0 Å². The number of rotatable bonds is 9. The summed E-state index contributed by atoms with van der Waals surface area (Å²) in [5, 5.41) is 0. The lowest BCUT2D eigenvalue weighted by molar-refractivity contribution is 0.00844. The van der Waals surface area contributed by atoms with Crippen LogP contribution in [0.25, 0.3) is 0 Å². The Kier molecular flexibility index (Phi) is 6.86. The van der Waals surface area contributed by atoms with Gasteiger partial charge < -0.3 is 15.4 Å². The minimum absolute atomic E-state index is 0.130. The Labute approximate surface area is 161 Å². The molecule has 0 atom stereocenters. The van der Waals surface area contributed by atoms with E-state index >= 15 is 0 Å². The molecule has 0 aromatic heterocycles. The molecule has 8 heteroatoms. The topological polar surface area (TPSA) is 102 Å². The average molecular weight is 396 g/mol. The lowest BCUT2D eigenvalue weighted by Gasteiger charge is -2.32. The number of nitrogens with zero attached hydrogens (tertiary/aromatic N) is 1. The summed E-state index contributed by atoms with van der Waals surface area (Å²) >= 11 is 0. The first-order chi connectivity index (χ1) is 13.0. The van der Waals surface area contributed by atoms with Crippen molar-refractivity contribution in [1.29, 1.82) is 0 Å². The van der Waals surface area contributed by atoms with Gasteiger partial charge in [0.15, 0.2) is 0 Å². The van der Waals surface area contributed by atoms with E-state index in [9.17, 15) is 13.2 Å². The zero-order chi connectivity index (χ0) is 19.3. The fraction of sp³-hybridized carbons (Fsp3) is 0.632. The van der Waals surface area contributed by atoms with Crippen LogP contribution in [0.15, 0.2) is 29.2 Å². The van der Waals surface area contributed by atoms with Crippen molar-refractivity contribution < 1.29 is 17.9 Å². The number of carbonyl (C=O) groups excluding carboxylic acids is 1. The van der Waals surface area contributed by atoms with Crippen molar-refractivity contribution in [2.75, 3.05) is 32.8 Å². The van der Waals surface area contributed by atoms with Crippen LogP contribution in [0.4, 0.5) is 0 Å². The van der Waals surface area contributed by atoms with Crippen LogP contribution in [0.3, 0.4) is 0 Å². The summed E-state index contributed by atoms with van der Waals surface area (Å²) < 4.78 is 33.2. The fourth-order valence-corrected chi connectivity index (χ4v) is 4.33. The van der Waals surface area contributed by atoms with Gasteiger partial charge in [-0.1, -0.05) is 6.07 Å². The Hall–Kier alpha value is -1.48. The van der Waals surface area contributed by atoms with E-state index in [0.29, 0.717) is 44.3 Å². The second-order valence-corrected chi connectivity index (χ2v) is 9.09. The van der Waals surface area contributed by atoms with Crippen LogP contribution < -0.4 is 10.5 Å². The smallest absolute Gasteiger partial charge is 0.253 e. The Balaban J connectivity index is 1.57. The number of ether oxygens (including phenoxy) is 1. The van der Waals surface area contributed by atoms with Crippen molar-refractivity contribution >= 4 is 15.9 Å². The molecular formula is C19H29N3O4S. The first kappa shape index (κ1) is 20.3. The predicted molar refractivity (Wildman–Crippen MR) is 103 cm³/mol. The maximum atomic E-state index is 12.8. The van der Waals surface area contributed by atoms with Crippen LogP contribution >= 0.6 is 0 Å². The van der Waals surface area contributed by atoms with Gasteiger partial charge in [-0.25, -0.2) is 13.1 Å². The third-order valence-electron chi connectivity index (χ3n) is 5.08. The minimum Gasteiger partial charge on any atom is -0.378 e. The molecule has 2 fully saturated rings. The highest BCUT2D eigenvalue weighted by molar-refractivity contribution is 7.89. The monoisotopic (exact) mass is 395 g/mol. The van der Waals surface area contributed by atoms with E-state index in [-0.39, 0.29) is 16.9 Å². The molecule has 1 saturated heterocycles. The van der Waals surface area contributed by atoms with Gasteiger partial charge in [0.1, 0.15) is 0 Å². The summed E-state index contributed by atoms with van der Waals surface area (Å²) in [6, 6.07) is 6.30. The number of nitrogens with one attached hydrogen (secondary N) is 1. The lowest BCUT2D eigenvalue weighted by atomic mass is 10.1. The molecule has 1 heterocycles. The quantitative estimate of drug-likeness (QED) is 0.615. The third-order valence-corrected chi connectivity index (χ3v) is 6.50. The molecule has 1 aromatic carbocycles. The normalized spacial score (nSPS) is 18.6. The van der Waals surface area contributed by atoms with Gasteiger partial charge >= 0.3 is 0 Å². The van der Waals surface area contributed by atoms with Gasteiger partial charge in [0.05, 0.1) is 11.0 Å². The molecule has 1 amide bonds. The van der Waals surface area contributed by atoms with Gasteiger partial charge in [-0.05, 0) is 62.8 Å².